The van der Waals surface area contributed by atoms with Gasteiger partial charge >= 0.3 is 0 Å². The van der Waals surface area contributed by atoms with Gasteiger partial charge in [0.25, 0.3) is 0 Å². The highest BCUT2D eigenvalue weighted by molar-refractivity contribution is 4.93. The standard InChI is InChI=1S/C12H21N3/c1-3-12(4-5-12)10-13-6-8-15-9-7-14-11(15)2/h7,9,13H,3-6,8,10H2,1-2H3. The van der Waals surface area contributed by atoms with Crippen molar-refractivity contribution in [3.8, 4) is 0 Å². The summed E-state index contributed by atoms with van der Waals surface area (Å²) in [5.41, 5.74) is 0.657. The molecule has 0 saturated heterocycles. The first-order valence-electron chi connectivity index (χ1n) is 5.94. The van der Waals surface area contributed by atoms with E-state index in [1.165, 1.54) is 25.8 Å². The van der Waals surface area contributed by atoms with Crippen molar-refractivity contribution in [2.75, 3.05) is 13.1 Å². The Hall–Kier alpha value is -0.830. The number of nitrogens with zero attached hydrogens (tertiary/aromatic N) is 2. The van der Waals surface area contributed by atoms with Crippen LogP contribution in [0.3, 0.4) is 0 Å². The molecular weight excluding hydrogens is 186 g/mol. The van der Waals surface area contributed by atoms with Crippen LogP contribution in [-0.2, 0) is 6.54 Å². The third-order valence-electron chi connectivity index (χ3n) is 3.66. The summed E-state index contributed by atoms with van der Waals surface area (Å²) in [6, 6.07) is 0. The molecule has 84 valence electrons. The molecule has 1 heterocycles. The van der Waals surface area contributed by atoms with E-state index in [4.69, 9.17) is 0 Å². The van der Waals surface area contributed by atoms with Crippen molar-refractivity contribution in [2.24, 2.45) is 5.41 Å². The van der Waals surface area contributed by atoms with Gasteiger partial charge < -0.3 is 9.88 Å². The summed E-state index contributed by atoms with van der Waals surface area (Å²) in [6.07, 6.45) is 8.07. The van der Waals surface area contributed by atoms with Crippen molar-refractivity contribution >= 4 is 0 Å². The molecule has 2 rings (SSSR count). The van der Waals surface area contributed by atoms with E-state index < -0.39 is 0 Å². The highest BCUT2D eigenvalue weighted by Gasteiger charge is 2.39. The van der Waals surface area contributed by atoms with Gasteiger partial charge in [0.1, 0.15) is 5.82 Å². The molecule has 0 spiro atoms. The maximum absolute atomic E-state index is 4.21. The van der Waals surface area contributed by atoms with Gasteiger partial charge in [-0.25, -0.2) is 4.98 Å². The van der Waals surface area contributed by atoms with Crippen LogP contribution in [0.4, 0.5) is 0 Å². The van der Waals surface area contributed by atoms with Crippen LogP contribution < -0.4 is 5.32 Å². The molecule has 1 N–H and O–H groups in total. The fourth-order valence-electron chi connectivity index (χ4n) is 2.03. The van der Waals surface area contributed by atoms with Gasteiger partial charge in [0.05, 0.1) is 0 Å². The molecule has 1 aliphatic rings. The third kappa shape index (κ3) is 2.59. The van der Waals surface area contributed by atoms with Gasteiger partial charge in [0.15, 0.2) is 0 Å². The summed E-state index contributed by atoms with van der Waals surface area (Å²) in [4.78, 5) is 4.21. The molecule has 0 aliphatic heterocycles. The molecule has 1 aromatic rings. The first-order chi connectivity index (χ1) is 7.26. The van der Waals surface area contributed by atoms with Crippen molar-refractivity contribution in [1.29, 1.82) is 0 Å². The molecule has 3 nitrogen and oxygen atoms in total. The fourth-order valence-corrected chi connectivity index (χ4v) is 2.03. The van der Waals surface area contributed by atoms with Crippen LogP contribution in [-0.4, -0.2) is 22.6 Å². The molecule has 0 radical (unpaired) electrons. The van der Waals surface area contributed by atoms with E-state index >= 15 is 0 Å². The predicted octanol–water partition coefficient (Wildman–Crippen LogP) is 1.97. The van der Waals surface area contributed by atoms with Crippen molar-refractivity contribution in [1.82, 2.24) is 14.9 Å². The lowest BCUT2D eigenvalue weighted by atomic mass is 10.0. The summed E-state index contributed by atoms with van der Waals surface area (Å²) in [5, 5.41) is 3.56. The Morgan fingerprint density at radius 1 is 1.53 bits per heavy atom. The number of hydrogen-bond acceptors (Lipinski definition) is 2. The van der Waals surface area contributed by atoms with Crippen molar-refractivity contribution in [3.63, 3.8) is 0 Å². The summed E-state index contributed by atoms with van der Waals surface area (Å²) >= 11 is 0. The maximum Gasteiger partial charge on any atom is 0.105 e. The molecule has 1 saturated carbocycles. The lowest BCUT2D eigenvalue weighted by molar-refractivity contribution is 0.435. The summed E-state index contributed by atoms with van der Waals surface area (Å²) in [7, 11) is 0. The van der Waals surface area contributed by atoms with Gasteiger partial charge in [-0.15, -0.1) is 0 Å². The van der Waals surface area contributed by atoms with Crippen LogP contribution in [0, 0.1) is 12.3 Å². The maximum atomic E-state index is 4.21. The Balaban J connectivity index is 1.65. The van der Waals surface area contributed by atoms with Gasteiger partial charge in [-0.05, 0) is 31.6 Å². The van der Waals surface area contributed by atoms with E-state index in [9.17, 15) is 0 Å². The van der Waals surface area contributed by atoms with Crippen molar-refractivity contribution < 1.29 is 0 Å². The number of aromatic nitrogens is 2. The normalized spacial score (nSPS) is 18.0. The van der Waals surface area contributed by atoms with E-state index in [0.717, 1.165) is 18.9 Å². The second-order valence-corrected chi connectivity index (χ2v) is 4.70. The van der Waals surface area contributed by atoms with Crippen molar-refractivity contribution in [2.45, 2.75) is 39.7 Å². The Bertz CT molecular complexity index is 312. The molecule has 1 aliphatic carbocycles. The van der Waals surface area contributed by atoms with Gasteiger partial charge in [-0.2, -0.15) is 0 Å². The molecule has 0 amide bonds. The summed E-state index contributed by atoms with van der Waals surface area (Å²) in [5.74, 6) is 1.11. The average Bonchev–Trinajstić information content (AvgIpc) is 2.92. The van der Waals surface area contributed by atoms with Crippen LogP contribution in [0.2, 0.25) is 0 Å². The predicted molar refractivity (Wildman–Crippen MR) is 61.8 cm³/mol. The van der Waals surface area contributed by atoms with E-state index in [1.807, 2.05) is 12.4 Å². The van der Waals surface area contributed by atoms with E-state index in [2.05, 4.69) is 28.7 Å². The lowest BCUT2D eigenvalue weighted by Gasteiger charge is -2.13. The smallest absolute Gasteiger partial charge is 0.105 e. The quantitative estimate of drug-likeness (QED) is 0.723. The van der Waals surface area contributed by atoms with Crippen LogP contribution in [0.25, 0.3) is 0 Å². The topological polar surface area (TPSA) is 29.9 Å². The van der Waals surface area contributed by atoms with E-state index in [1.54, 1.807) is 0 Å². The zero-order chi connectivity index (χ0) is 10.7. The SMILES string of the molecule is CCC1(CNCCn2ccnc2C)CC1. The van der Waals surface area contributed by atoms with Crippen LogP contribution in [0.15, 0.2) is 12.4 Å². The first kappa shape index (κ1) is 10.7. The highest BCUT2D eigenvalue weighted by atomic mass is 15.1. The molecule has 1 fully saturated rings. The summed E-state index contributed by atoms with van der Waals surface area (Å²) in [6.45, 7) is 7.63. The Labute approximate surface area is 91.9 Å². The largest absolute Gasteiger partial charge is 0.334 e. The Morgan fingerprint density at radius 2 is 2.33 bits per heavy atom. The molecule has 0 bridgehead atoms. The van der Waals surface area contributed by atoms with Crippen LogP contribution in [0.1, 0.15) is 32.0 Å². The molecular formula is C12H21N3. The highest BCUT2D eigenvalue weighted by Crippen LogP contribution is 2.47. The number of imidazole rings is 1. The molecule has 0 unspecified atom stereocenters. The Morgan fingerprint density at radius 3 is 2.87 bits per heavy atom. The van der Waals surface area contributed by atoms with Crippen LogP contribution in [0.5, 0.6) is 0 Å². The lowest BCUT2D eigenvalue weighted by Crippen LogP contribution is -2.27. The second-order valence-electron chi connectivity index (χ2n) is 4.70. The Kier molecular flexibility index (Phi) is 3.10. The number of aryl methyl sites for hydroxylation is 1. The zero-order valence-corrected chi connectivity index (χ0v) is 9.79. The third-order valence-corrected chi connectivity index (χ3v) is 3.66. The van der Waals surface area contributed by atoms with Gasteiger partial charge in [-0.3, -0.25) is 0 Å². The number of nitrogens with one attached hydrogen (secondary N) is 1. The van der Waals surface area contributed by atoms with Crippen LogP contribution >= 0.6 is 0 Å². The summed E-state index contributed by atoms with van der Waals surface area (Å²) < 4.78 is 2.19. The van der Waals surface area contributed by atoms with Gasteiger partial charge in [0, 0.05) is 32.0 Å². The monoisotopic (exact) mass is 207 g/mol. The second kappa shape index (κ2) is 4.35. The average molecular weight is 207 g/mol. The molecule has 0 atom stereocenters. The molecule has 15 heavy (non-hydrogen) atoms. The van der Waals surface area contributed by atoms with E-state index in [-0.39, 0.29) is 0 Å². The molecule has 3 heteroatoms. The minimum Gasteiger partial charge on any atom is -0.334 e. The van der Waals surface area contributed by atoms with Crippen molar-refractivity contribution in [3.05, 3.63) is 18.2 Å². The number of rotatable bonds is 6. The molecule has 0 aromatic carbocycles. The fraction of sp³-hybridized carbons (Fsp3) is 0.750. The van der Waals surface area contributed by atoms with Gasteiger partial charge in [0.2, 0.25) is 0 Å². The first-order valence-corrected chi connectivity index (χ1v) is 5.94. The zero-order valence-electron chi connectivity index (χ0n) is 9.79. The van der Waals surface area contributed by atoms with E-state index in [0.29, 0.717) is 5.41 Å². The minimum absolute atomic E-state index is 0.657. The van der Waals surface area contributed by atoms with Gasteiger partial charge in [-0.1, -0.05) is 6.92 Å². The minimum atomic E-state index is 0.657. The number of hydrogen-bond donors (Lipinski definition) is 1. The molecule has 1 aromatic heterocycles.